The number of carbonyl (C=O) groups is 1. The topological polar surface area (TPSA) is 69.6 Å². The van der Waals surface area contributed by atoms with Gasteiger partial charge in [-0.3, -0.25) is 13.5 Å². The van der Waals surface area contributed by atoms with Crippen LogP contribution in [0.1, 0.15) is 0 Å². The minimum atomic E-state index is -0.266. The molecule has 0 aliphatic carbocycles. The van der Waals surface area contributed by atoms with E-state index in [-0.39, 0.29) is 24.8 Å². The summed E-state index contributed by atoms with van der Waals surface area (Å²) >= 11 is 1.28. The van der Waals surface area contributed by atoms with E-state index in [1.165, 1.54) is 15.5 Å². The van der Waals surface area contributed by atoms with Crippen LogP contribution in [0.5, 0.6) is 11.5 Å². The lowest BCUT2D eigenvalue weighted by atomic mass is 10.2. The van der Waals surface area contributed by atoms with Crippen LogP contribution in [-0.4, -0.2) is 16.7 Å². The number of carbonyl (C=O) groups excluding carboxylic acids is 1. The van der Waals surface area contributed by atoms with Crippen LogP contribution in [0.4, 0.5) is 5.69 Å². The SMILES string of the molecule is O=C(Cn1sc2ccccc2c1=O)Nc1ccc2c(c1)OCO2. The molecule has 0 saturated heterocycles. The summed E-state index contributed by atoms with van der Waals surface area (Å²) in [6.45, 7) is 0.163. The number of anilines is 1. The van der Waals surface area contributed by atoms with Gasteiger partial charge in [-0.05, 0) is 24.3 Å². The van der Waals surface area contributed by atoms with Crippen molar-refractivity contribution in [1.82, 2.24) is 3.96 Å². The van der Waals surface area contributed by atoms with Gasteiger partial charge in [0.15, 0.2) is 11.5 Å². The summed E-state index contributed by atoms with van der Waals surface area (Å²) in [7, 11) is 0. The van der Waals surface area contributed by atoms with Gasteiger partial charge in [0, 0.05) is 11.8 Å². The third-order valence-corrected chi connectivity index (χ3v) is 4.56. The quantitative estimate of drug-likeness (QED) is 0.802. The predicted molar refractivity (Wildman–Crippen MR) is 87.3 cm³/mol. The van der Waals surface area contributed by atoms with E-state index in [1.807, 2.05) is 18.2 Å². The zero-order valence-electron chi connectivity index (χ0n) is 11.9. The first-order valence-corrected chi connectivity index (χ1v) is 7.76. The van der Waals surface area contributed by atoms with E-state index < -0.39 is 0 Å². The molecule has 6 nitrogen and oxygen atoms in total. The fourth-order valence-corrected chi connectivity index (χ4v) is 3.42. The maximum Gasteiger partial charge on any atom is 0.268 e. The van der Waals surface area contributed by atoms with Gasteiger partial charge in [0.05, 0.1) is 10.1 Å². The molecule has 0 fully saturated rings. The normalized spacial score (nSPS) is 12.5. The summed E-state index contributed by atoms with van der Waals surface area (Å²) in [4.78, 5) is 24.4. The Balaban J connectivity index is 1.53. The summed E-state index contributed by atoms with van der Waals surface area (Å²) in [5.74, 6) is 0.989. The van der Waals surface area contributed by atoms with Crippen LogP contribution < -0.4 is 20.3 Å². The molecule has 3 aromatic rings. The van der Waals surface area contributed by atoms with Crippen LogP contribution in [0, 0.1) is 0 Å². The third-order valence-electron chi connectivity index (χ3n) is 3.50. The lowest BCUT2D eigenvalue weighted by Gasteiger charge is -2.06. The van der Waals surface area contributed by atoms with Crippen LogP contribution in [0.15, 0.2) is 47.3 Å². The van der Waals surface area contributed by atoms with E-state index in [1.54, 1.807) is 24.3 Å². The summed E-state index contributed by atoms with van der Waals surface area (Å²) in [5, 5.41) is 3.40. The number of hydrogen-bond donors (Lipinski definition) is 1. The smallest absolute Gasteiger partial charge is 0.268 e. The highest BCUT2D eigenvalue weighted by Crippen LogP contribution is 2.34. The number of ether oxygens (including phenoxy) is 2. The molecular weight excluding hydrogens is 316 g/mol. The van der Waals surface area contributed by atoms with Crippen molar-refractivity contribution in [2.45, 2.75) is 6.54 Å². The highest BCUT2D eigenvalue weighted by atomic mass is 32.1. The summed E-state index contributed by atoms with van der Waals surface area (Å²) in [6.07, 6.45) is 0. The molecule has 2 aromatic carbocycles. The van der Waals surface area contributed by atoms with Gasteiger partial charge in [-0.15, -0.1) is 0 Å². The number of rotatable bonds is 3. The maximum atomic E-state index is 12.2. The van der Waals surface area contributed by atoms with Crippen molar-refractivity contribution in [2.75, 3.05) is 12.1 Å². The molecular formula is C16H12N2O4S. The third kappa shape index (κ3) is 2.55. The van der Waals surface area contributed by atoms with Gasteiger partial charge < -0.3 is 14.8 Å². The molecule has 2 heterocycles. The number of fused-ring (bicyclic) bond motifs is 2. The van der Waals surface area contributed by atoms with Crippen LogP contribution in [-0.2, 0) is 11.3 Å². The van der Waals surface area contributed by atoms with Crippen molar-refractivity contribution in [2.24, 2.45) is 0 Å². The second kappa shape index (κ2) is 5.44. The molecule has 1 aromatic heterocycles. The van der Waals surface area contributed by atoms with E-state index >= 15 is 0 Å². The Kier molecular flexibility index (Phi) is 3.27. The standard InChI is InChI=1S/C16H12N2O4S/c19-15(17-10-5-6-12-13(7-10)22-9-21-12)8-18-16(20)11-3-1-2-4-14(11)23-18/h1-7H,8-9H2,(H,17,19). The number of amides is 1. The van der Waals surface area contributed by atoms with Gasteiger partial charge in [-0.1, -0.05) is 23.7 Å². The Morgan fingerprint density at radius 1 is 1.17 bits per heavy atom. The van der Waals surface area contributed by atoms with Gasteiger partial charge in [0.1, 0.15) is 6.54 Å². The molecule has 4 rings (SSSR count). The molecule has 1 N–H and O–H groups in total. The minimum absolute atomic E-state index is 0.0212. The Bertz CT molecular complexity index is 960. The molecule has 0 unspecified atom stereocenters. The largest absolute Gasteiger partial charge is 0.454 e. The lowest BCUT2D eigenvalue weighted by Crippen LogP contribution is -2.23. The zero-order chi connectivity index (χ0) is 15.8. The van der Waals surface area contributed by atoms with Crippen LogP contribution in [0.2, 0.25) is 0 Å². The summed E-state index contributed by atoms with van der Waals surface area (Å²) < 4.78 is 12.8. The monoisotopic (exact) mass is 328 g/mol. The molecule has 1 aliphatic rings. The van der Waals surface area contributed by atoms with Gasteiger partial charge in [0.25, 0.3) is 5.56 Å². The van der Waals surface area contributed by atoms with Crippen LogP contribution >= 0.6 is 11.5 Å². The number of hydrogen-bond acceptors (Lipinski definition) is 5. The number of aromatic nitrogens is 1. The Hall–Kier alpha value is -2.80. The molecule has 0 bridgehead atoms. The predicted octanol–water partition coefficient (Wildman–Crippen LogP) is 2.43. The van der Waals surface area contributed by atoms with E-state index in [2.05, 4.69) is 5.32 Å². The zero-order valence-corrected chi connectivity index (χ0v) is 12.8. The first-order chi connectivity index (χ1) is 11.2. The van der Waals surface area contributed by atoms with Crippen molar-refractivity contribution in [1.29, 1.82) is 0 Å². The Labute approximate surface area is 135 Å². The second-order valence-corrected chi connectivity index (χ2v) is 6.11. The van der Waals surface area contributed by atoms with Crippen LogP contribution in [0.3, 0.4) is 0 Å². The van der Waals surface area contributed by atoms with Gasteiger partial charge in [-0.2, -0.15) is 0 Å². The molecule has 0 radical (unpaired) electrons. The highest BCUT2D eigenvalue weighted by molar-refractivity contribution is 7.13. The molecule has 0 saturated carbocycles. The Morgan fingerprint density at radius 2 is 2.00 bits per heavy atom. The second-order valence-electron chi connectivity index (χ2n) is 5.05. The first kappa shape index (κ1) is 13.8. The summed E-state index contributed by atoms with van der Waals surface area (Å²) in [6, 6.07) is 12.5. The average molecular weight is 328 g/mol. The number of nitrogens with zero attached hydrogens (tertiary/aromatic N) is 1. The molecule has 1 aliphatic heterocycles. The van der Waals surface area contributed by atoms with Crippen molar-refractivity contribution in [3.05, 3.63) is 52.8 Å². The average Bonchev–Trinajstić information content (AvgIpc) is 3.12. The molecule has 23 heavy (non-hydrogen) atoms. The lowest BCUT2D eigenvalue weighted by molar-refractivity contribution is -0.116. The van der Waals surface area contributed by atoms with Gasteiger partial charge >= 0.3 is 0 Å². The molecule has 0 spiro atoms. The van der Waals surface area contributed by atoms with Crippen molar-refractivity contribution in [3.63, 3.8) is 0 Å². The molecule has 1 amide bonds. The highest BCUT2D eigenvalue weighted by Gasteiger charge is 2.15. The van der Waals surface area contributed by atoms with Crippen molar-refractivity contribution < 1.29 is 14.3 Å². The maximum absolute atomic E-state index is 12.2. The molecule has 7 heteroatoms. The van der Waals surface area contributed by atoms with Crippen molar-refractivity contribution >= 4 is 33.2 Å². The van der Waals surface area contributed by atoms with E-state index in [4.69, 9.17) is 9.47 Å². The van der Waals surface area contributed by atoms with E-state index in [9.17, 15) is 9.59 Å². The fourth-order valence-electron chi connectivity index (χ4n) is 2.43. The molecule has 0 atom stereocenters. The fraction of sp³-hybridized carbons (Fsp3) is 0.125. The molecule has 116 valence electrons. The summed E-state index contributed by atoms with van der Waals surface area (Å²) in [5.41, 5.74) is 0.458. The first-order valence-electron chi connectivity index (χ1n) is 6.99. The van der Waals surface area contributed by atoms with Gasteiger partial charge in [-0.25, -0.2) is 0 Å². The number of benzene rings is 2. The Morgan fingerprint density at radius 3 is 2.87 bits per heavy atom. The number of nitrogens with one attached hydrogen (secondary N) is 1. The minimum Gasteiger partial charge on any atom is -0.454 e. The van der Waals surface area contributed by atoms with Crippen LogP contribution in [0.25, 0.3) is 10.1 Å². The van der Waals surface area contributed by atoms with Gasteiger partial charge in [0.2, 0.25) is 12.7 Å². The van der Waals surface area contributed by atoms with Crippen molar-refractivity contribution in [3.8, 4) is 11.5 Å². The van der Waals surface area contributed by atoms with E-state index in [0.717, 1.165) is 4.70 Å². The van der Waals surface area contributed by atoms with E-state index in [0.29, 0.717) is 22.6 Å².